The maximum absolute atomic E-state index is 14.2. The van der Waals surface area contributed by atoms with Gasteiger partial charge in [-0.1, -0.05) is 25.3 Å². The molecule has 2 N–H and O–H groups in total. The number of ether oxygens (including phenoxy) is 1. The highest BCUT2D eigenvalue weighted by Crippen LogP contribution is 2.43. The topological polar surface area (TPSA) is 35.2 Å². The van der Waals surface area contributed by atoms with Crippen molar-refractivity contribution in [3.63, 3.8) is 0 Å². The van der Waals surface area contributed by atoms with E-state index in [9.17, 15) is 4.39 Å². The van der Waals surface area contributed by atoms with Crippen LogP contribution in [0.4, 0.5) is 4.39 Å². The summed E-state index contributed by atoms with van der Waals surface area (Å²) in [4.78, 5) is 0. The summed E-state index contributed by atoms with van der Waals surface area (Å²) in [5.74, 6) is 0.547. The molecule has 3 rings (SSSR count). The summed E-state index contributed by atoms with van der Waals surface area (Å²) in [5, 5.41) is 0. The fourth-order valence-corrected chi connectivity index (χ4v) is 3.30. The van der Waals surface area contributed by atoms with Gasteiger partial charge >= 0.3 is 0 Å². The van der Waals surface area contributed by atoms with Gasteiger partial charge in [0, 0.05) is 11.1 Å². The van der Waals surface area contributed by atoms with Crippen LogP contribution in [0, 0.1) is 5.82 Å². The van der Waals surface area contributed by atoms with Crippen molar-refractivity contribution < 1.29 is 9.13 Å². The quantitative estimate of drug-likeness (QED) is 0.829. The van der Waals surface area contributed by atoms with Crippen molar-refractivity contribution in [1.82, 2.24) is 0 Å². The molecule has 1 aromatic carbocycles. The molecule has 2 aliphatic rings. The Morgan fingerprint density at radius 2 is 1.89 bits per heavy atom. The molecule has 0 bridgehead atoms. The largest absolute Gasteiger partial charge is 0.493 e. The summed E-state index contributed by atoms with van der Waals surface area (Å²) in [7, 11) is 0. The molecular formula is C15H20FNO. The summed E-state index contributed by atoms with van der Waals surface area (Å²) in [6.07, 6.45) is 7.08. The Hall–Kier alpha value is -1.09. The van der Waals surface area contributed by atoms with Gasteiger partial charge in [0.05, 0.1) is 6.61 Å². The van der Waals surface area contributed by atoms with E-state index in [0.717, 1.165) is 49.8 Å². The van der Waals surface area contributed by atoms with E-state index in [1.165, 1.54) is 6.42 Å². The van der Waals surface area contributed by atoms with Gasteiger partial charge in [-0.25, -0.2) is 4.39 Å². The standard InChI is InChI=1S/C15H20FNO/c16-12-7-6-11-5-4-10-18-14(11)13(12)15(17)8-2-1-3-9-15/h6-7H,1-5,8-10,17H2. The van der Waals surface area contributed by atoms with Gasteiger partial charge in [0.1, 0.15) is 11.6 Å². The number of aryl methyl sites for hydroxylation is 1. The van der Waals surface area contributed by atoms with Crippen LogP contribution in [0.25, 0.3) is 0 Å². The first kappa shape index (κ1) is 12.0. The third kappa shape index (κ3) is 1.91. The minimum Gasteiger partial charge on any atom is -0.493 e. The number of benzene rings is 1. The normalized spacial score (nSPS) is 22.1. The van der Waals surface area contributed by atoms with Crippen LogP contribution in [-0.4, -0.2) is 6.61 Å². The molecule has 0 amide bonds. The number of fused-ring (bicyclic) bond motifs is 1. The van der Waals surface area contributed by atoms with E-state index in [2.05, 4.69) is 0 Å². The molecular weight excluding hydrogens is 229 g/mol. The van der Waals surface area contributed by atoms with E-state index in [1.807, 2.05) is 6.07 Å². The summed E-state index contributed by atoms with van der Waals surface area (Å²) < 4.78 is 20.0. The number of nitrogens with two attached hydrogens (primary N) is 1. The highest BCUT2D eigenvalue weighted by atomic mass is 19.1. The van der Waals surface area contributed by atoms with Crippen LogP contribution in [0.3, 0.4) is 0 Å². The lowest BCUT2D eigenvalue weighted by atomic mass is 9.76. The molecule has 0 unspecified atom stereocenters. The van der Waals surface area contributed by atoms with Crippen molar-refractivity contribution in [3.8, 4) is 5.75 Å². The Bertz CT molecular complexity index is 452. The lowest BCUT2D eigenvalue weighted by molar-refractivity contribution is 0.248. The number of rotatable bonds is 1. The Morgan fingerprint density at radius 3 is 2.67 bits per heavy atom. The molecule has 1 fully saturated rings. The number of halogens is 1. The smallest absolute Gasteiger partial charge is 0.131 e. The van der Waals surface area contributed by atoms with Gasteiger partial charge in [0.15, 0.2) is 0 Å². The summed E-state index contributed by atoms with van der Waals surface area (Å²) in [5.41, 5.74) is 7.72. The van der Waals surface area contributed by atoms with Gasteiger partial charge in [0.25, 0.3) is 0 Å². The van der Waals surface area contributed by atoms with Gasteiger partial charge in [0.2, 0.25) is 0 Å². The first-order chi connectivity index (χ1) is 8.71. The molecule has 1 heterocycles. The second kappa shape index (κ2) is 4.54. The Kier molecular flexibility index (Phi) is 3.02. The maximum atomic E-state index is 14.2. The molecule has 0 radical (unpaired) electrons. The van der Waals surface area contributed by atoms with E-state index in [4.69, 9.17) is 10.5 Å². The predicted molar refractivity (Wildman–Crippen MR) is 69.2 cm³/mol. The molecule has 1 aliphatic carbocycles. The first-order valence-electron chi connectivity index (χ1n) is 6.94. The minimum atomic E-state index is -0.523. The number of hydrogen-bond donors (Lipinski definition) is 1. The van der Waals surface area contributed by atoms with E-state index < -0.39 is 5.54 Å². The highest BCUT2D eigenvalue weighted by molar-refractivity contribution is 5.47. The fraction of sp³-hybridized carbons (Fsp3) is 0.600. The third-order valence-corrected chi connectivity index (χ3v) is 4.27. The zero-order chi connectivity index (χ0) is 12.6. The zero-order valence-electron chi connectivity index (χ0n) is 10.7. The van der Waals surface area contributed by atoms with Crippen LogP contribution in [0.1, 0.15) is 49.7 Å². The lowest BCUT2D eigenvalue weighted by Gasteiger charge is -2.36. The predicted octanol–water partition coefficient (Wildman–Crippen LogP) is 3.27. The highest BCUT2D eigenvalue weighted by Gasteiger charge is 2.36. The van der Waals surface area contributed by atoms with Gasteiger partial charge in [-0.15, -0.1) is 0 Å². The van der Waals surface area contributed by atoms with Crippen molar-refractivity contribution in [2.45, 2.75) is 50.5 Å². The van der Waals surface area contributed by atoms with Crippen LogP contribution in [0.15, 0.2) is 12.1 Å². The van der Waals surface area contributed by atoms with Gasteiger partial charge in [-0.05, 0) is 37.3 Å². The molecule has 2 nitrogen and oxygen atoms in total. The van der Waals surface area contributed by atoms with Crippen LogP contribution in [0.5, 0.6) is 5.75 Å². The van der Waals surface area contributed by atoms with E-state index in [-0.39, 0.29) is 5.82 Å². The Labute approximate surface area is 107 Å². The average Bonchev–Trinajstić information content (AvgIpc) is 2.39. The van der Waals surface area contributed by atoms with E-state index in [0.29, 0.717) is 12.2 Å². The molecule has 18 heavy (non-hydrogen) atoms. The van der Waals surface area contributed by atoms with Gasteiger partial charge < -0.3 is 10.5 Å². The molecule has 98 valence electrons. The zero-order valence-corrected chi connectivity index (χ0v) is 10.7. The van der Waals surface area contributed by atoms with Gasteiger partial charge in [-0.3, -0.25) is 0 Å². The monoisotopic (exact) mass is 249 g/mol. The summed E-state index contributed by atoms with van der Waals surface area (Å²) >= 11 is 0. The molecule has 1 saturated carbocycles. The van der Waals surface area contributed by atoms with Crippen LogP contribution in [0.2, 0.25) is 0 Å². The SMILES string of the molecule is NC1(c2c(F)ccc3c2OCCC3)CCCCC1. The van der Waals surface area contributed by atoms with Crippen molar-refractivity contribution in [2.75, 3.05) is 6.61 Å². The molecule has 0 atom stereocenters. The summed E-state index contributed by atoms with van der Waals surface area (Å²) in [6.45, 7) is 0.680. The van der Waals surface area contributed by atoms with Crippen molar-refractivity contribution in [3.05, 3.63) is 29.1 Å². The van der Waals surface area contributed by atoms with Crippen LogP contribution < -0.4 is 10.5 Å². The van der Waals surface area contributed by atoms with Crippen molar-refractivity contribution in [1.29, 1.82) is 0 Å². The van der Waals surface area contributed by atoms with Crippen molar-refractivity contribution in [2.24, 2.45) is 5.73 Å². The molecule has 1 aromatic rings. The molecule has 3 heteroatoms. The minimum absolute atomic E-state index is 0.194. The molecule has 0 spiro atoms. The molecule has 0 aromatic heterocycles. The Morgan fingerprint density at radius 1 is 1.11 bits per heavy atom. The fourth-order valence-electron chi connectivity index (χ4n) is 3.30. The molecule has 0 saturated heterocycles. The summed E-state index contributed by atoms with van der Waals surface area (Å²) in [6, 6.07) is 3.41. The number of hydrogen-bond acceptors (Lipinski definition) is 2. The van der Waals surface area contributed by atoms with Crippen molar-refractivity contribution >= 4 is 0 Å². The molecule has 1 aliphatic heterocycles. The Balaban J connectivity index is 2.09. The van der Waals surface area contributed by atoms with Gasteiger partial charge in [-0.2, -0.15) is 0 Å². The average molecular weight is 249 g/mol. The second-order valence-corrected chi connectivity index (χ2v) is 5.58. The van der Waals surface area contributed by atoms with E-state index in [1.54, 1.807) is 6.07 Å². The van der Waals surface area contributed by atoms with E-state index >= 15 is 0 Å². The first-order valence-corrected chi connectivity index (χ1v) is 6.94. The second-order valence-electron chi connectivity index (χ2n) is 5.58. The van der Waals surface area contributed by atoms with Crippen LogP contribution in [-0.2, 0) is 12.0 Å². The third-order valence-electron chi connectivity index (χ3n) is 4.27. The van der Waals surface area contributed by atoms with Crippen LogP contribution >= 0.6 is 0 Å². The lowest BCUT2D eigenvalue weighted by Crippen LogP contribution is -2.40. The maximum Gasteiger partial charge on any atom is 0.131 e.